The molecule has 1 fully saturated rings. The number of imide groups is 1. The molecule has 11 nitrogen and oxygen atoms in total. The highest BCUT2D eigenvalue weighted by Gasteiger charge is 2.58. The number of carbonyl (C=O) groups excluding carboxylic acids is 3. The number of nitrogens with one attached hydrogen (secondary N) is 2. The van der Waals surface area contributed by atoms with Crippen LogP contribution in [-0.2, 0) is 17.0 Å². The molecule has 0 aliphatic carbocycles. The van der Waals surface area contributed by atoms with E-state index in [0.29, 0.717) is 16.9 Å². The molecule has 5 rings (SSSR count). The van der Waals surface area contributed by atoms with Gasteiger partial charge in [0.1, 0.15) is 17.0 Å². The Bertz CT molecular complexity index is 1310. The minimum atomic E-state index is -1.97. The third kappa shape index (κ3) is 2.56. The van der Waals surface area contributed by atoms with E-state index in [1.807, 2.05) is 0 Å². The molecule has 1 saturated heterocycles. The second-order valence-corrected chi connectivity index (χ2v) is 7.03. The molecule has 2 aliphatic rings. The lowest BCUT2D eigenvalue weighted by atomic mass is 10.1. The van der Waals surface area contributed by atoms with E-state index in [2.05, 4.69) is 15.6 Å². The smallest absolute Gasteiger partial charge is 0.354 e. The van der Waals surface area contributed by atoms with E-state index in [1.54, 1.807) is 18.2 Å². The van der Waals surface area contributed by atoms with Crippen LogP contribution in [-0.4, -0.2) is 45.9 Å². The van der Waals surface area contributed by atoms with Gasteiger partial charge in [-0.25, -0.2) is 14.6 Å². The summed E-state index contributed by atoms with van der Waals surface area (Å²) in [7, 11) is 1.47. The van der Waals surface area contributed by atoms with Crippen LogP contribution < -0.4 is 15.4 Å². The predicted octanol–water partition coefficient (Wildman–Crippen LogP) is 1.18. The Balaban J connectivity index is 1.66. The van der Waals surface area contributed by atoms with Crippen LogP contribution in [0, 0.1) is 0 Å². The fraction of sp³-hybridized carbons (Fsp3) is 0.150. The summed E-state index contributed by atoms with van der Waals surface area (Å²) in [5.41, 5.74) is -0.861. The quantitative estimate of drug-likeness (QED) is 0.530. The van der Waals surface area contributed by atoms with E-state index in [1.165, 1.54) is 30.2 Å². The van der Waals surface area contributed by atoms with Crippen LogP contribution in [0.1, 0.15) is 32.2 Å². The first-order chi connectivity index (χ1) is 14.8. The minimum absolute atomic E-state index is 0.0245. The highest BCUT2D eigenvalue weighted by molar-refractivity contribution is 6.11. The van der Waals surface area contributed by atoms with Crippen LogP contribution in [0.5, 0.6) is 5.75 Å². The van der Waals surface area contributed by atoms with Crippen LogP contribution in [0.2, 0.25) is 0 Å². The highest BCUT2D eigenvalue weighted by Crippen LogP contribution is 2.39. The van der Waals surface area contributed by atoms with E-state index >= 15 is 0 Å². The van der Waals surface area contributed by atoms with Crippen molar-refractivity contribution in [2.45, 2.75) is 12.2 Å². The van der Waals surface area contributed by atoms with Crippen molar-refractivity contribution < 1.29 is 33.4 Å². The molecule has 2 aliphatic heterocycles. The third-order valence-corrected chi connectivity index (χ3v) is 5.33. The average molecular weight is 422 g/mol. The Labute approximate surface area is 173 Å². The van der Waals surface area contributed by atoms with Crippen molar-refractivity contribution >= 4 is 34.9 Å². The molecule has 3 aromatic rings. The van der Waals surface area contributed by atoms with Crippen molar-refractivity contribution in [3.8, 4) is 5.75 Å². The van der Waals surface area contributed by atoms with Gasteiger partial charge in [-0.1, -0.05) is 6.07 Å². The number of carbonyl (C=O) groups is 4. The van der Waals surface area contributed by atoms with Crippen LogP contribution >= 0.6 is 0 Å². The maximum atomic E-state index is 13.2. The zero-order valence-corrected chi connectivity index (χ0v) is 16.0. The molecule has 156 valence electrons. The highest BCUT2D eigenvalue weighted by atomic mass is 16.5. The maximum absolute atomic E-state index is 13.2. The molecule has 31 heavy (non-hydrogen) atoms. The number of benzene rings is 1. The number of rotatable bonds is 4. The van der Waals surface area contributed by atoms with E-state index in [9.17, 15) is 19.2 Å². The first-order valence-electron chi connectivity index (χ1n) is 9.10. The van der Waals surface area contributed by atoms with Crippen LogP contribution in [0.4, 0.5) is 4.79 Å². The van der Waals surface area contributed by atoms with Gasteiger partial charge < -0.3 is 19.6 Å². The molecule has 0 unspecified atom stereocenters. The monoisotopic (exact) mass is 422 g/mol. The van der Waals surface area contributed by atoms with Gasteiger partial charge in [0.25, 0.3) is 17.5 Å². The van der Waals surface area contributed by atoms with Crippen molar-refractivity contribution in [2.24, 2.45) is 0 Å². The summed E-state index contributed by atoms with van der Waals surface area (Å²) in [6.07, 6.45) is 0. The van der Waals surface area contributed by atoms with Gasteiger partial charge in [-0.15, -0.1) is 0 Å². The average Bonchev–Trinajstić information content (AvgIpc) is 3.41. The summed E-state index contributed by atoms with van der Waals surface area (Å²) in [6, 6.07) is 8.13. The second kappa shape index (κ2) is 6.29. The molecule has 4 amide bonds. The summed E-state index contributed by atoms with van der Waals surface area (Å²) >= 11 is 0. The van der Waals surface area contributed by atoms with Crippen molar-refractivity contribution in [2.75, 3.05) is 7.11 Å². The van der Waals surface area contributed by atoms with Crippen molar-refractivity contribution in [1.29, 1.82) is 0 Å². The summed E-state index contributed by atoms with van der Waals surface area (Å²) < 4.78 is 10.9. The molecule has 1 atom stereocenters. The fourth-order valence-electron chi connectivity index (χ4n) is 3.84. The Morgan fingerprint density at radius 1 is 1.23 bits per heavy atom. The maximum Gasteiger partial charge on any atom is 0.354 e. The summed E-state index contributed by atoms with van der Waals surface area (Å²) in [5.74, 6) is -2.15. The molecular weight excluding hydrogens is 408 g/mol. The molecular formula is C20H14N4O7. The number of furan rings is 1. The van der Waals surface area contributed by atoms with Gasteiger partial charge in [0, 0.05) is 11.6 Å². The summed E-state index contributed by atoms with van der Waals surface area (Å²) in [4.78, 5) is 54.7. The Morgan fingerprint density at radius 3 is 2.71 bits per heavy atom. The van der Waals surface area contributed by atoms with Gasteiger partial charge in [-0.3, -0.25) is 19.8 Å². The number of aromatic carboxylic acids is 1. The zero-order chi connectivity index (χ0) is 21.9. The lowest BCUT2D eigenvalue weighted by Gasteiger charge is -2.33. The third-order valence-electron chi connectivity index (χ3n) is 5.33. The number of hydrogen-bond acceptors (Lipinski definition) is 7. The number of methoxy groups -OCH3 is 1. The van der Waals surface area contributed by atoms with Gasteiger partial charge in [0.15, 0.2) is 11.3 Å². The number of hydrogen-bond donors (Lipinski definition) is 3. The first-order valence-corrected chi connectivity index (χ1v) is 9.10. The lowest BCUT2D eigenvalue weighted by molar-refractivity contribution is -0.131. The molecule has 1 aromatic carbocycles. The minimum Gasteiger partial charge on any atom is -0.497 e. The Morgan fingerprint density at radius 2 is 2.03 bits per heavy atom. The lowest BCUT2D eigenvalue weighted by Crippen LogP contribution is -2.57. The molecule has 0 radical (unpaired) electrons. The number of fused-ring (bicyclic) bond motifs is 2. The van der Waals surface area contributed by atoms with Gasteiger partial charge >= 0.3 is 12.0 Å². The predicted molar refractivity (Wildman–Crippen MR) is 102 cm³/mol. The number of amides is 4. The number of carboxylic acid groups (broad SMARTS) is 1. The summed E-state index contributed by atoms with van der Waals surface area (Å²) in [5, 5.41) is 13.8. The SMILES string of the molecule is COc1ccc2c(c1)C(=O)N([C@@]1(c3cc4nc(C(=O)O)ccc4o3)NC(=O)NC1=O)C2. The van der Waals surface area contributed by atoms with E-state index in [4.69, 9.17) is 14.3 Å². The molecule has 0 saturated carbocycles. The van der Waals surface area contributed by atoms with Gasteiger partial charge in [-0.05, 0) is 29.8 Å². The van der Waals surface area contributed by atoms with Gasteiger partial charge in [0.2, 0.25) is 0 Å². The molecule has 0 spiro atoms. The standard InChI is InChI=1S/C20H14N4O7/c1-30-10-3-2-9-8-24(16(25)11(9)6-10)20(18(28)22-19(29)23-20)15-7-13-14(31-15)5-4-12(21-13)17(26)27/h2-7H,8H2,1H3,(H,26,27)(H2,22,23,28,29)/t20-/m1/s1. The molecule has 0 bridgehead atoms. The number of pyridine rings is 1. The van der Waals surface area contributed by atoms with Crippen LogP contribution in [0.15, 0.2) is 40.8 Å². The van der Waals surface area contributed by atoms with E-state index < -0.39 is 29.5 Å². The molecule has 3 N–H and O–H groups in total. The number of nitrogens with zero attached hydrogens (tertiary/aromatic N) is 2. The number of aromatic nitrogens is 1. The molecule has 4 heterocycles. The number of urea groups is 1. The van der Waals surface area contributed by atoms with E-state index in [-0.39, 0.29) is 29.1 Å². The van der Waals surface area contributed by atoms with Crippen LogP contribution in [0.3, 0.4) is 0 Å². The second-order valence-electron chi connectivity index (χ2n) is 7.03. The van der Waals surface area contributed by atoms with E-state index in [0.717, 1.165) is 0 Å². The Kier molecular flexibility index (Phi) is 3.78. The summed E-state index contributed by atoms with van der Waals surface area (Å²) in [6.45, 7) is 0.0245. The zero-order valence-electron chi connectivity index (χ0n) is 16.0. The topological polar surface area (TPSA) is 151 Å². The molecule has 11 heteroatoms. The number of ether oxygens (including phenoxy) is 1. The van der Waals surface area contributed by atoms with Crippen molar-refractivity contribution in [1.82, 2.24) is 20.5 Å². The van der Waals surface area contributed by atoms with Crippen molar-refractivity contribution in [3.63, 3.8) is 0 Å². The first kappa shape index (κ1) is 18.6. The van der Waals surface area contributed by atoms with Crippen LogP contribution in [0.25, 0.3) is 11.1 Å². The van der Waals surface area contributed by atoms with Crippen molar-refractivity contribution in [3.05, 3.63) is 59.0 Å². The Hall–Kier alpha value is -4.41. The van der Waals surface area contributed by atoms with Gasteiger partial charge in [-0.2, -0.15) is 0 Å². The largest absolute Gasteiger partial charge is 0.497 e. The molecule has 2 aromatic heterocycles. The normalized spacial score (nSPS) is 20.0. The fourth-order valence-corrected chi connectivity index (χ4v) is 3.84. The van der Waals surface area contributed by atoms with Gasteiger partial charge in [0.05, 0.1) is 13.7 Å². The number of carboxylic acids is 1.